The van der Waals surface area contributed by atoms with Crippen LogP contribution in [0.4, 0.5) is 0 Å². The third-order valence-corrected chi connectivity index (χ3v) is 5.08. The lowest BCUT2D eigenvalue weighted by atomic mass is 9.81. The Morgan fingerprint density at radius 1 is 1.29 bits per heavy atom. The van der Waals surface area contributed by atoms with Gasteiger partial charge in [0.1, 0.15) is 11.6 Å². The molecule has 2 aliphatic rings. The maximum absolute atomic E-state index is 5.97. The third kappa shape index (κ3) is 2.92. The van der Waals surface area contributed by atoms with E-state index in [0.29, 0.717) is 18.3 Å². The van der Waals surface area contributed by atoms with Gasteiger partial charge in [-0.3, -0.25) is 4.99 Å². The summed E-state index contributed by atoms with van der Waals surface area (Å²) in [6.45, 7) is 3.04. The second-order valence-electron chi connectivity index (χ2n) is 6.60. The van der Waals surface area contributed by atoms with Gasteiger partial charge in [-0.15, -0.1) is 0 Å². The van der Waals surface area contributed by atoms with E-state index in [0.717, 1.165) is 17.2 Å². The molecular weight excluding hydrogens is 260 g/mol. The first-order valence-corrected chi connectivity index (χ1v) is 8.20. The van der Waals surface area contributed by atoms with Gasteiger partial charge in [-0.25, -0.2) is 0 Å². The molecule has 114 valence electrons. The Bertz CT molecular complexity index is 544. The molecule has 0 spiro atoms. The average molecular weight is 286 g/mol. The van der Waals surface area contributed by atoms with Crippen molar-refractivity contribution in [2.75, 3.05) is 7.11 Å². The monoisotopic (exact) mass is 286 g/mol. The van der Waals surface area contributed by atoms with Crippen LogP contribution in [0.5, 0.6) is 5.75 Å². The van der Waals surface area contributed by atoms with E-state index in [1.54, 1.807) is 7.11 Å². The van der Waals surface area contributed by atoms with Gasteiger partial charge in [0.15, 0.2) is 0 Å². The minimum atomic E-state index is 0.578. The van der Waals surface area contributed by atoms with Crippen LogP contribution in [0.2, 0.25) is 0 Å². The number of nitrogens with two attached hydrogens (primary N) is 1. The zero-order valence-corrected chi connectivity index (χ0v) is 13.2. The Morgan fingerprint density at radius 3 is 2.76 bits per heavy atom. The van der Waals surface area contributed by atoms with E-state index in [9.17, 15) is 0 Å². The van der Waals surface area contributed by atoms with Crippen LogP contribution in [0.25, 0.3) is 0 Å². The van der Waals surface area contributed by atoms with Gasteiger partial charge < -0.3 is 10.5 Å². The Hall–Kier alpha value is -1.51. The smallest absolute Gasteiger partial charge is 0.130 e. The summed E-state index contributed by atoms with van der Waals surface area (Å²) in [5.74, 6) is 2.98. The van der Waals surface area contributed by atoms with Crippen molar-refractivity contribution < 1.29 is 4.74 Å². The number of rotatable bonds is 4. The summed E-state index contributed by atoms with van der Waals surface area (Å²) < 4.78 is 5.55. The van der Waals surface area contributed by atoms with Crippen molar-refractivity contribution >= 4 is 5.84 Å². The summed E-state index contributed by atoms with van der Waals surface area (Å²) >= 11 is 0. The Morgan fingerprint density at radius 2 is 2.05 bits per heavy atom. The fourth-order valence-electron chi connectivity index (χ4n) is 3.87. The molecule has 0 bridgehead atoms. The highest BCUT2D eigenvalue weighted by atomic mass is 16.5. The number of hydrogen-bond donors (Lipinski definition) is 1. The normalized spacial score (nSPS) is 20.0. The topological polar surface area (TPSA) is 47.6 Å². The zero-order chi connectivity index (χ0) is 14.8. The summed E-state index contributed by atoms with van der Waals surface area (Å²) in [6, 6.07) is 4.45. The van der Waals surface area contributed by atoms with Crippen LogP contribution in [0.3, 0.4) is 0 Å². The van der Waals surface area contributed by atoms with Gasteiger partial charge in [0.05, 0.1) is 19.2 Å². The van der Waals surface area contributed by atoms with Gasteiger partial charge in [0.25, 0.3) is 0 Å². The van der Waals surface area contributed by atoms with Crippen molar-refractivity contribution in [3.05, 3.63) is 28.8 Å². The summed E-state index contributed by atoms with van der Waals surface area (Å²) in [6.07, 6.45) is 8.35. The first-order valence-electron chi connectivity index (χ1n) is 8.20. The molecule has 21 heavy (non-hydrogen) atoms. The molecule has 1 atom stereocenters. The molecule has 1 unspecified atom stereocenters. The molecule has 2 N–H and O–H groups in total. The highest BCUT2D eigenvalue weighted by molar-refractivity contribution is 6.03. The molecule has 0 aromatic heterocycles. The number of methoxy groups -OCH3 is 1. The van der Waals surface area contributed by atoms with Crippen molar-refractivity contribution in [2.24, 2.45) is 16.6 Å². The highest BCUT2D eigenvalue weighted by Gasteiger charge is 2.23. The predicted octanol–water partition coefficient (Wildman–Crippen LogP) is 3.99. The number of ether oxygens (including phenoxy) is 1. The van der Waals surface area contributed by atoms with Gasteiger partial charge in [-0.2, -0.15) is 0 Å². The summed E-state index contributed by atoms with van der Waals surface area (Å²) in [7, 11) is 1.72. The van der Waals surface area contributed by atoms with Crippen molar-refractivity contribution in [1.29, 1.82) is 0 Å². The SMILES string of the molecule is COc1cc(C(C)CC2CCCCC2)cc2c1C(N)=NC2. The van der Waals surface area contributed by atoms with Gasteiger partial charge in [0, 0.05) is 0 Å². The standard InChI is InChI=1S/C18H26N2O/c1-12(8-13-6-4-3-5-7-13)14-9-15-11-20-18(19)17(15)16(10-14)21-2/h9-10,12-13H,3-8,11H2,1-2H3,(H2,19,20). The fourth-order valence-corrected chi connectivity index (χ4v) is 3.87. The fraction of sp³-hybridized carbons (Fsp3) is 0.611. The molecule has 0 saturated heterocycles. The number of amidine groups is 1. The van der Waals surface area contributed by atoms with Gasteiger partial charge in [-0.1, -0.05) is 45.1 Å². The highest BCUT2D eigenvalue weighted by Crippen LogP contribution is 2.36. The van der Waals surface area contributed by atoms with Crippen LogP contribution >= 0.6 is 0 Å². The molecule has 1 aliphatic heterocycles. The number of hydrogen-bond acceptors (Lipinski definition) is 3. The maximum atomic E-state index is 5.97. The average Bonchev–Trinajstić information content (AvgIpc) is 2.89. The molecular formula is C18H26N2O. The summed E-state index contributed by atoms with van der Waals surface area (Å²) in [5, 5.41) is 0. The molecule has 1 heterocycles. The molecule has 0 radical (unpaired) electrons. The summed E-state index contributed by atoms with van der Waals surface area (Å²) in [5.41, 5.74) is 9.57. The van der Waals surface area contributed by atoms with Crippen molar-refractivity contribution in [3.8, 4) is 5.75 Å². The van der Waals surface area contributed by atoms with E-state index in [-0.39, 0.29) is 0 Å². The van der Waals surface area contributed by atoms with Crippen LogP contribution in [-0.2, 0) is 6.54 Å². The molecule has 3 heteroatoms. The third-order valence-electron chi connectivity index (χ3n) is 5.08. The van der Waals surface area contributed by atoms with Crippen LogP contribution in [0.1, 0.15) is 68.1 Å². The molecule has 1 fully saturated rings. The number of nitrogens with zero attached hydrogens (tertiary/aromatic N) is 1. The van der Waals surface area contributed by atoms with E-state index < -0.39 is 0 Å². The summed E-state index contributed by atoms with van der Waals surface area (Å²) in [4.78, 5) is 4.34. The molecule has 0 amide bonds. The molecule has 1 aromatic rings. The number of fused-ring (bicyclic) bond motifs is 1. The molecule has 1 aliphatic carbocycles. The minimum absolute atomic E-state index is 0.578. The van der Waals surface area contributed by atoms with Crippen LogP contribution in [0, 0.1) is 5.92 Å². The van der Waals surface area contributed by atoms with Gasteiger partial charge in [0.2, 0.25) is 0 Å². The Kier molecular flexibility index (Phi) is 4.18. The van der Waals surface area contributed by atoms with E-state index in [1.165, 1.54) is 49.7 Å². The van der Waals surface area contributed by atoms with Crippen molar-refractivity contribution in [2.45, 2.75) is 57.9 Å². The second kappa shape index (κ2) is 6.08. The number of aliphatic imine (C=N–C) groups is 1. The van der Waals surface area contributed by atoms with Crippen LogP contribution in [-0.4, -0.2) is 12.9 Å². The predicted molar refractivity (Wildman–Crippen MR) is 87.0 cm³/mol. The zero-order valence-electron chi connectivity index (χ0n) is 13.2. The molecule has 1 saturated carbocycles. The molecule has 3 rings (SSSR count). The molecule has 3 nitrogen and oxygen atoms in total. The van der Waals surface area contributed by atoms with E-state index >= 15 is 0 Å². The largest absolute Gasteiger partial charge is 0.496 e. The van der Waals surface area contributed by atoms with E-state index in [4.69, 9.17) is 10.5 Å². The van der Waals surface area contributed by atoms with E-state index in [2.05, 4.69) is 24.0 Å². The first kappa shape index (κ1) is 14.4. The molecule has 1 aromatic carbocycles. The maximum Gasteiger partial charge on any atom is 0.130 e. The second-order valence-corrected chi connectivity index (χ2v) is 6.60. The minimum Gasteiger partial charge on any atom is -0.496 e. The van der Waals surface area contributed by atoms with E-state index in [1.807, 2.05) is 0 Å². The Labute approximate surface area is 127 Å². The number of benzene rings is 1. The van der Waals surface area contributed by atoms with Crippen LogP contribution in [0.15, 0.2) is 17.1 Å². The van der Waals surface area contributed by atoms with Crippen LogP contribution < -0.4 is 10.5 Å². The van der Waals surface area contributed by atoms with Crippen molar-refractivity contribution in [3.63, 3.8) is 0 Å². The first-order chi connectivity index (χ1) is 10.2. The van der Waals surface area contributed by atoms with Crippen molar-refractivity contribution in [1.82, 2.24) is 0 Å². The quantitative estimate of drug-likeness (QED) is 0.909. The van der Waals surface area contributed by atoms with Gasteiger partial charge in [-0.05, 0) is 35.4 Å². The lowest BCUT2D eigenvalue weighted by Crippen LogP contribution is -2.13. The lowest BCUT2D eigenvalue weighted by Gasteiger charge is -2.25. The Balaban J connectivity index is 1.79. The van der Waals surface area contributed by atoms with Gasteiger partial charge >= 0.3 is 0 Å². The lowest BCUT2D eigenvalue weighted by molar-refractivity contribution is 0.322.